The molecule has 6 nitrogen and oxygen atoms in total. The number of urea groups is 1. The van der Waals surface area contributed by atoms with Gasteiger partial charge in [0.15, 0.2) is 0 Å². The van der Waals surface area contributed by atoms with Gasteiger partial charge in [0.05, 0.1) is 10.7 Å². The van der Waals surface area contributed by atoms with Crippen LogP contribution >= 0.6 is 11.6 Å². The number of halogens is 5. The van der Waals surface area contributed by atoms with Crippen molar-refractivity contribution in [1.82, 2.24) is 15.6 Å². The van der Waals surface area contributed by atoms with Crippen molar-refractivity contribution >= 4 is 17.6 Å². The SMILES string of the molecule is O=C(NC1CCOCC1)NC(Cc1ccccc1)(c1cccc(OC(F)(F)C(F)F)c1)c1ccc(Cl)cn1. The fourth-order valence-corrected chi connectivity index (χ4v) is 4.45. The molecule has 1 unspecified atom stereocenters. The highest BCUT2D eigenvalue weighted by Crippen LogP contribution is 2.36. The van der Waals surface area contributed by atoms with Crippen LogP contribution in [0.25, 0.3) is 0 Å². The van der Waals surface area contributed by atoms with Crippen molar-refractivity contribution in [3.05, 3.63) is 94.8 Å². The van der Waals surface area contributed by atoms with Crippen LogP contribution in [0.1, 0.15) is 29.7 Å². The maximum absolute atomic E-state index is 13.8. The number of carbonyl (C=O) groups excluding carboxylic acids is 1. The van der Waals surface area contributed by atoms with Crippen molar-refractivity contribution in [2.45, 2.75) is 43.4 Å². The molecule has 4 rings (SSSR count). The molecule has 0 saturated carbocycles. The van der Waals surface area contributed by atoms with E-state index in [0.29, 0.717) is 42.3 Å². The number of ether oxygens (including phenoxy) is 2. The molecule has 1 fully saturated rings. The summed E-state index contributed by atoms with van der Waals surface area (Å²) in [5.41, 5.74) is 0.0205. The maximum Gasteiger partial charge on any atom is 0.461 e. The van der Waals surface area contributed by atoms with Gasteiger partial charge in [0.25, 0.3) is 0 Å². The molecule has 0 aliphatic carbocycles. The van der Waals surface area contributed by atoms with Crippen LogP contribution in [0.15, 0.2) is 72.9 Å². The van der Waals surface area contributed by atoms with Crippen molar-refractivity contribution in [2.75, 3.05) is 13.2 Å². The zero-order chi connectivity index (χ0) is 27.2. The van der Waals surface area contributed by atoms with Gasteiger partial charge in [0.2, 0.25) is 0 Å². The molecule has 202 valence electrons. The van der Waals surface area contributed by atoms with Gasteiger partial charge >= 0.3 is 18.6 Å². The minimum atomic E-state index is -4.70. The number of carbonyl (C=O) groups is 1. The number of nitrogens with one attached hydrogen (secondary N) is 2. The number of hydrogen-bond acceptors (Lipinski definition) is 4. The number of benzene rings is 2. The van der Waals surface area contributed by atoms with Crippen LogP contribution in [0.4, 0.5) is 22.4 Å². The summed E-state index contributed by atoms with van der Waals surface area (Å²) in [5.74, 6) is -0.495. The van der Waals surface area contributed by atoms with Gasteiger partial charge in [-0.15, -0.1) is 0 Å². The molecule has 0 bridgehead atoms. The molecule has 1 aromatic heterocycles. The lowest BCUT2D eigenvalue weighted by Gasteiger charge is -2.36. The minimum Gasteiger partial charge on any atom is -0.428 e. The van der Waals surface area contributed by atoms with E-state index in [2.05, 4.69) is 20.4 Å². The maximum atomic E-state index is 13.8. The lowest BCUT2D eigenvalue weighted by Crippen LogP contribution is -2.55. The number of pyridine rings is 1. The molecule has 1 saturated heterocycles. The molecule has 2 amide bonds. The largest absolute Gasteiger partial charge is 0.461 e. The van der Waals surface area contributed by atoms with E-state index in [4.69, 9.17) is 16.3 Å². The Hall–Kier alpha value is -3.37. The zero-order valence-corrected chi connectivity index (χ0v) is 20.9. The second-order valence-electron chi connectivity index (χ2n) is 8.91. The average molecular weight is 552 g/mol. The third kappa shape index (κ3) is 6.73. The van der Waals surface area contributed by atoms with Gasteiger partial charge in [0, 0.05) is 31.9 Å². The number of rotatable bonds is 9. The van der Waals surface area contributed by atoms with E-state index in [1.807, 2.05) is 30.3 Å². The Morgan fingerprint density at radius 2 is 1.82 bits per heavy atom. The van der Waals surface area contributed by atoms with Crippen LogP contribution in [0, 0.1) is 0 Å². The van der Waals surface area contributed by atoms with E-state index >= 15 is 0 Å². The summed E-state index contributed by atoms with van der Waals surface area (Å²) in [6, 6.07) is 17.0. The fraction of sp³-hybridized carbons (Fsp3) is 0.333. The van der Waals surface area contributed by atoms with Crippen molar-refractivity contribution in [3.63, 3.8) is 0 Å². The summed E-state index contributed by atoms with van der Waals surface area (Å²) in [6.07, 6.45) is -5.92. The molecular weight excluding hydrogens is 526 g/mol. The second-order valence-corrected chi connectivity index (χ2v) is 9.34. The van der Waals surface area contributed by atoms with Crippen molar-refractivity contribution in [3.8, 4) is 5.75 Å². The van der Waals surface area contributed by atoms with Gasteiger partial charge < -0.3 is 20.1 Å². The normalized spacial score (nSPS) is 16.1. The van der Waals surface area contributed by atoms with Crippen LogP contribution in [-0.2, 0) is 16.7 Å². The van der Waals surface area contributed by atoms with Gasteiger partial charge in [-0.2, -0.15) is 17.6 Å². The van der Waals surface area contributed by atoms with Crippen molar-refractivity contribution in [2.24, 2.45) is 0 Å². The van der Waals surface area contributed by atoms with Gasteiger partial charge in [-0.3, -0.25) is 4.98 Å². The summed E-state index contributed by atoms with van der Waals surface area (Å²) in [5, 5.41) is 6.30. The van der Waals surface area contributed by atoms with Gasteiger partial charge in [-0.1, -0.05) is 54.1 Å². The molecule has 11 heteroatoms. The highest BCUT2D eigenvalue weighted by atomic mass is 35.5. The number of hydrogen-bond donors (Lipinski definition) is 2. The highest BCUT2D eigenvalue weighted by molar-refractivity contribution is 6.30. The predicted molar refractivity (Wildman–Crippen MR) is 134 cm³/mol. The molecule has 38 heavy (non-hydrogen) atoms. The Morgan fingerprint density at radius 1 is 1.08 bits per heavy atom. The number of alkyl halides is 4. The molecule has 2 N–H and O–H groups in total. The fourth-order valence-electron chi connectivity index (χ4n) is 4.34. The minimum absolute atomic E-state index is 0.129. The first-order valence-electron chi connectivity index (χ1n) is 12.0. The van der Waals surface area contributed by atoms with Gasteiger partial charge in [-0.25, -0.2) is 4.79 Å². The predicted octanol–water partition coefficient (Wildman–Crippen LogP) is 5.94. The Bertz CT molecular complexity index is 1210. The monoisotopic (exact) mass is 551 g/mol. The summed E-state index contributed by atoms with van der Waals surface area (Å²) in [7, 11) is 0. The summed E-state index contributed by atoms with van der Waals surface area (Å²) in [6.45, 7) is 1.02. The number of nitrogens with zero attached hydrogens (tertiary/aromatic N) is 1. The van der Waals surface area contributed by atoms with E-state index in [1.54, 1.807) is 18.2 Å². The Balaban J connectivity index is 1.80. The Kier molecular flexibility index (Phi) is 8.73. The van der Waals surface area contributed by atoms with Crippen LogP contribution in [0.5, 0.6) is 5.75 Å². The Labute approximate surface area is 222 Å². The summed E-state index contributed by atoms with van der Waals surface area (Å²) < 4.78 is 62.9. The smallest absolute Gasteiger partial charge is 0.428 e. The second kappa shape index (κ2) is 12.0. The van der Waals surface area contributed by atoms with Gasteiger partial charge in [-0.05, 0) is 48.2 Å². The number of aromatic nitrogens is 1. The Morgan fingerprint density at radius 3 is 2.47 bits per heavy atom. The van der Waals surface area contributed by atoms with Crippen LogP contribution in [-0.4, -0.2) is 42.8 Å². The lowest BCUT2D eigenvalue weighted by molar-refractivity contribution is -0.253. The van der Waals surface area contributed by atoms with Crippen LogP contribution < -0.4 is 15.4 Å². The molecule has 1 atom stereocenters. The summed E-state index contributed by atoms with van der Waals surface area (Å²) in [4.78, 5) is 17.8. The van der Waals surface area contributed by atoms with E-state index < -0.39 is 29.9 Å². The van der Waals surface area contributed by atoms with Gasteiger partial charge in [0.1, 0.15) is 11.3 Å². The van der Waals surface area contributed by atoms with Crippen molar-refractivity contribution < 1.29 is 31.8 Å². The summed E-state index contributed by atoms with van der Waals surface area (Å²) >= 11 is 6.08. The average Bonchev–Trinajstić information content (AvgIpc) is 2.89. The standard InChI is InChI=1S/C27H26ClF4N3O3/c28-20-9-10-23(33-17-20)26(16-18-5-2-1-3-6-18,35-25(36)34-21-11-13-37-14-12-21)19-7-4-8-22(15-19)38-27(31,32)24(29)30/h1-10,15,17,21,24H,11-14,16H2,(H2,34,35,36). The number of amides is 2. The highest BCUT2D eigenvalue weighted by Gasteiger charge is 2.44. The molecule has 0 spiro atoms. The van der Waals surface area contributed by atoms with E-state index in [9.17, 15) is 22.4 Å². The first-order chi connectivity index (χ1) is 18.2. The lowest BCUT2D eigenvalue weighted by atomic mass is 9.80. The molecule has 1 aliphatic rings. The molecule has 1 aliphatic heterocycles. The topological polar surface area (TPSA) is 72.5 Å². The first-order valence-corrected chi connectivity index (χ1v) is 12.3. The molecular formula is C27H26ClF4N3O3. The van der Waals surface area contributed by atoms with Crippen LogP contribution in [0.3, 0.4) is 0 Å². The quantitative estimate of drug-likeness (QED) is 0.323. The molecule has 2 heterocycles. The van der Waals surface area contributed by atoms with Crippen molar-refractivity contribution in [1.29, 1.82) is 0 Å². The zero-order valence-electron chi connectivity index (χ0n) is 20.2. The third-order valence-corrected chi connectivity index (χ3v) is 6.42. The third-order valence-electron chi connectivity index (χ3n) is 6.20. The molecule has 3 aromatic rings. The molecule has 2 aromatic carbocycles. The molecule has 0 radical (unpaired) electrons. The van der Waals surface area contributed by atoms with E-state index in [0.717, 1.165) is 11.6 Å². The van der Waals surface area contributed by atoms with E-state index in [-0.39, 0.29) is 12.5 Å². The first kappa shape index (κ1) is 27.7. The van der Waals surface area contributed by atoms with Crippen LogP contribution in [0.2, 0.25) is 5.02 Å². The van der Waals surface area contributed by atoms with E-state index in [1.165, 1.54) is 18.3 Å².